The average molecular weight is 497 g/mol. The topological polar surface area (TPSA) is 25.2 Å². The van der Waals surface area contributed by atoms with Crippen molar-refractivity contribution in [2.75, 3.05) is 6.54 Å². The molecule has 0 fully saturated rings. The highest BCUT2D eigenvalue weighted by atomic mass is 14.7. The Labute approximate surface area is 227 Å². The molecule has 0 spiro atoms. The van der Waals surface area contributed by atoms with E-state index in [1.54, 1.807) is 0 Å². The molecule has 5 aromatic rings. The van der Waals surface area contributed by atoms with E-state index in [-0.39, 0.29) is 0 Å². The SMILES string of the molecule is Cc1cc(C)cc(-c2nccc3ccc(C)cc23)c1.Cc1cc(C)cc(C2=NCCc3ccc(C)cc32)c1. The van der Waals surface area contributed by atoms with Crippen molar-refractivity contribution in [1.29, 1.82) is 0 Å². The van der Waals surface area contributed by atoms with Gasteiger partial charge in [-0.1, -0.05) is 69.8 Å². The second-order valence-corrected chi connectivity index (χ2v) is 10.8. The summed E-state index contributed by atoms with van der Waals surface area (Å²) >= 11 is 0. The summed E-state index contributed by atoms with van der Waals surface area (Å²) in [6.07, 6.45) is 2.95. The van der Waals surface area contributed by atoms with Gasteiger partial charge in [0.1, 0.15) is 0 Å². The van der Waals surface area contributed by atoms with Crippen LogP contribution in [-0.4, -0.2) is 17.2 Å². The summed E-state index contributed by atoms with van der Waals surface area (Å²) < 4.78 is 0. The predicted octanol–water partition coefficient (Wildman–Crippen LogP) is 8.83. The van der Waals surface area contributed by atoms with Gasteiger partial charge in [0.05, 0.1) is 11.4 Å². The molecule has 1 aromatic heterocycles. The molecule has 2 nitrogen and oxygen atoms in total. The number of fused-ring (bicyclic) bond motifs is 2. The lowest BCUT2D eigenvalue weighted by molar-refractivity contribution is 0.942. The number of hydrogen-bond acceptors (Lipinski definition) is 2. The standard InChI is InChI=1S/C18H19N.C18H17N/c2*1-12-4-5-15-6-7-19-18(17(15)11-12)16-9-13(2)8-14(3)10-16/h4-5,8-11H,6-7H2,1-3H3;4-11H,1-3H3. The van der Waals surface area contributed by atoms with Crippen molar-refractivity contribution >= 4 is 16.5 Å². The summed E-state index contributed by atoms with van der Waals surface area (Å²) in [6.45, 7) is 13.7. The van der Waals surface area contributed by atoms with E-state index in [2.05, 4.69) is 125 Å². The third-order valence-corrected chi connectivity index (χ3v) is 7.08. The zero-order valence-electron chi connectivity index (χ0n) is 23.4. The van der Waals surface area contributed by atoms with Crippen LogP contribution in [0.5, 0.6) is 0 Å². The lowest BCUT2D eigenvalue weighted by Gasteiger charge is -2.18. The van der Waals surface area contributed by atoms with Crippen LogP contribution in [0.15, 0.2) is 90.1 Å². The van der Waals surface area contributed by atoms with Gasteiger partial charge in [-0.25, -0.2) is 0 Å². The molecule has 0 radical (unpaired) electrons. The van der Waals surface area contributed by atoms with Gasteiger partial charge in [-0.3, -0.25) is 9.98 Å². The molecule has 0 unspecified atom stereocenters. The Balaban J connectivity index is 0.000000155. The largest absolute Gasteiger partial charge is 0.284 e. The van der Waals surface area contributed by atoms with Gasteiger partial charge in [0.2, 0.25) is 0 Å². The van der Waals surface area contributed by atoms with Crippen LogP contribution in [0.2, 0.25) is 0 Å². The second-order valence-electron chi connectivity index (χ2n) is 10.8. The fourth-order valence-electron chi connectivity index (χ4n) is 5.48. The van der Waals surface area contributed by atoms with E-state index in [0.717, 1.165) is 24.4 Å². The van der Waals surface area contributed by atoms with E-state index in [1.165, 1.54) is 66.4 Å². The van der Waals surface area contributed by atoms with Crippen LogP contribution in [0, 0.1) is 41.5 Å². The van der Waals surface area contributed by atoms with E-state index in [9.17, 15) is 0 Å². The summed E-state index contributed by atoms with van der Waals surface area (Å²) in [5.41, 5.74) is 15.2. The molecule has 4 aromatic carbocycles. The van der Waals surface area contributed by atoms with Crippen LogP contribution in [0.1, 0.15) is 50.1 Å². The number of aromatic nitrogens is 1. The molecule has 190 valence electrons. The van der Waals surface area contributed by atoms with Gasteiger partial charge in [0, 0.05) is 34.8 Å². The molecule has 0 atom stereocenters. The van der Waals surface area contributed by atoms with Crippen LogP contribution < -0.4 is 0 Å². The first kappa shape index (κ1) is 25.6. The molecule has 0 saturated heterocycles. The lowest BCUT2D eigenvalue weighted by Crippen LogP contribution is -2.14. The first-order chi connectivity index (χ1) is 18.3. The van der Waals surface area contributed by atoms with E-state index >= 15 is 0 Å². The van der Waals surface area contributed by atoms with Crippen molar-refractivity contribution in [2.45, 2.75) is 48.0 Å². The summed E-state index contributed by atoms with van der Waals surface area (Å²) in [7, 11) is 0. The summed E-state index contributed by atoms with van der Waals surface area (Å²) in [4.78, 5) is 9.38. The van der Waals surface area contributed by atoms with Gasteiger partial charge in [-0.15, -0.1) is 0 Å². The Hall–Kier alpha value is -4.04. The number of pyridine rings is 1. The normalized spacial score (nSPS) is 12.4. The molecule has 1 aliphatic heterocycles. The number of rotatable bonds is 2. The first-order valence-electron chi connectivity index (χ1n) is 13.4. The van der Waals surface area contributed by atoms with E-state index in [1.807, 2.05) is 6.20 Å². The van der Waals surface area contributed by atoms with Crippen LogP contribution in [0.4, 0.5) is 0 Å². The van der Waals surface area contributed by atoms with Crippen molar-refractivity contribution < 1.29 is 0 Å². The number of aryl methyl sites for hydroxylation is 6. The summed E-state index contributed by atoms with van der Waals surface area (Å²) in [5.74, 6) is 0. The van der Waals surface area contributed by atoms with E-state index in [0.29, 0.717) is 0 Å². The van der Waals surface area contributed by atoms with Crippen molar-refractivity contribution in [1.82, 2.24) is 4.98 Å². The predicted molar refractivity (Wildman–Crippen MR) is 163 cm³/mol. The van der Waals surface area contributed by atoms with Crippen LogP contribution in [-0.2, 0) is 6.42 Å². The Morgan fingerprint density at radius 1 is 0.553 bits per heavy atom. The minimum absolute atomic E-state index is 0.901. The number of aliphatic imine (C=N–C) groups is 1. The minimum Gasteiger partial charge on any atom is -0.284 e. The van der Waals surface area contributed by atoms with Crippen LogP contribution >= 0.6 is 0 Å². The van der Waals surface area contributed by atoms with E-state index in [4.69, 9.17) is 4.99 Å². The maximum absolute atomic E-state index is 4.78. The fraction of sp³-hybridized carbons (Fsp3) is 0.222. The highest BCUT2D eigenvalue weighted by Crippen LogP contribution is 2.28. The molecule has 0 aliphatic carbocycles. The third kappa shape index (κ3) is 5.60. The van der Waals surface area contributed by atoms with Gasteiger partial charge >= 0.3 is 0 Å². The van der Waals surface area contributed by atoms with Crippen molar-refractivity contribution in [3.63, 3.8) is 0 Å². The Morgan fingerprint density at radius 2 is 1.16 bits per heavy atom. The molecule has 0 N–H and O–H groups in total. The zero-order valence-corrected chi connectivity index (χ0v) is 23.4. The Morgan fingerprint density at radius 3 is 1.84 bits per heavy atom. The summed E-state index contributed by atoms with van der Waals surface area (Å²) in [6, 6.07) is 28.6. The van der Waals surface area contributed by atoms with Crippen LogP contribution in [0.25, 0.3) is 22.0 Å². The summed E-state index contributed by atoms with van der Waals surface area (Å²) in [5, 5.41) is 2.47. The van der Waals surface area contributed by atoms with Gasteiger partial charge in [-0.05, 0) is 101 Å². The fourth-order valence-corrected chi connectivity index (χ4v) is 5.48. The molecule has 1 aliphatic rings. The first-order valence-corrected chi connectivity index (χ1v) is 13.4. The average Bonchev–Trinajstić information content (AvgIpc) is 2.87. The van der Waals surface area contributed by atoms with Gasteiger partial charge in [0.15, 0.2) is 0 Å². The molecule has 0 saturated carbocycles. The van der Waals surface area contributed by atoms with Crippen LogP contribution in [0.3, 0.4) is 0 Å². The third-order valence-electron chi connectivity index (χ3n) is 7.08. The number of benzene rings is 4. The molecular weight excluding hydrogens is 460 g/mol. The second kappa shape index (κ2) is 10.8. The van der Waals surface area contributed by atoms with Crippen molar-refractivity contribution in [3.8, 4) is 11.3 Å². The molecule has 6 rings (SSSR count). The van der Waals surface area contributed by atoms with Crippen molar-refractivity contribution in [3.05, 3.63) is 135 Å². The van der Waals surface area contributed by atoms with E-state index < -0.39 is 0 Å². The number of nitrogens with zero attached hydrogens (tertiary/aromatic N) is 2. The number of hydrogen-bond donors (Lipinski definition) is 0. The molecule has 2 heteroatoms. The molecule has 0 amide bonds. The highest BCUT2D eigenvalue weighted by molar-refractivity contribution is 6.14. The minimum atomic E-state index is 0.901. The maximum atomic E-state index is 4.78. The smallest absolute Gasteiger partial charge is 0.0780 e. The zero-order chi connectivity index (χ0) is 26.8. The Bertz CT molecular complexity index is 1630. The van der Waals surface area contributed by atoms with Crippen molar-refractivity contribution in [2.24, 2.45) is 4.99 Å². The quantitative estimate of drug-likeness (QED) is 0.240. The monoisotopic (exact) mass is 496 g/mol. The van der Waals surface area contributed by atoms with Gasteiger partial charge in [-0.2, -0.15) is 0 Å². The highest BCUT2D eigenvalue weighted by Gasteiger charge is 2.16. The Kier molecular flexibility index (Phi) is 7.24. The maximum Gasteiger partial charge on any atom is 0.0780 e. The molecule has 38 heavy (non-hydrogen) atoms. The molecule has 0 bridgehead atoms. The van der Waals surface area contributed by atoms with Gasteiger partial charge in [0.25, 0.3) is 0 Å². The molecule has 2 heterocycles. The van der Waals surface area contributed by atoms with Gasteiger partial charge < -0.3 is 0 Å². The molecular formula is C36H36N2. The lowest BCUT2D eigenvalue weighted by atomic mass is 9.91.